The van der Waals surface area contributed by atoms with Crippen molar-refractivity contribution < 1.29 is 18.7 Å². The van der Waals surface area contributed by atoms with Gasteiger partial charge in [-0.25, -0.2) is 9.37 Å². The third-order valence-corrected chi connectivity index (χ3v) is 5.90. The van der Waals surface area contributed by atoms with Gasteiger partial charge >= 0.3 is 0 Å². The Morgan fingerprint density at radius 3 is 2.64 bits per heavy atom. The fraction of sp³-hybridized carbons (Fsp3) is 0.375. The molecule has 174 valence electrons. The van der Waals surface area contributed by atoms with Gasteiger partial charge in [0.1, 0.15) is 11.9 Å². The van der Waals surface area contributed by atoms with E-state index >= 15 is 0 Å². The number of carbonyl (C=O) groups is 1. The van der Waals surface area contributed by atoms with Crippen LogP contribution in [0.5, 0.6) is 5.75 Å². The summed E-state index contributed by atoms with van der Waals surface area (Å²) in [5.74, 6) is -0.447. The molecule has 1 aliphatic heterocycles. The summed E-state index contributed by atoms with van der Waals surface area (Å²) in [6.07, 6.45) is -0.812. The van der Waals surface area contributed by atoms with Crippen molar-refractivity contribution in [1.29, 1.82) is 0 Å². The molecule has 0 aliphatic carbocycles. The molecule has 0 bridgehead atoms. The van der Waals surface area contributed by atoms with E-state index in [4.69, 9.17) is 21.1 Å². The van der Waals surface area contributed by atoms with E-state index in [0.29, 0.717) is 40.4 Å². The molecule has 1 aromatic heterocycles. The number of amides is 1. The molecule has 3 aromatic rings. The Morgan fingerprint density at radius 1 is 1.27 bits per heavy atom. The van der Waals surface area contributed by atoms with Crippen LogP contribution in [0.1, 0.15) is 48.6 Å². The summed E-state index contributed by atoms with van der Waals surface area (Å²) in [4.78, 5) is 33.7. The number of halogens is 2. The smallest absolute Gasteiger partial charge is 0.258 e. The Hall–Kier alpha value is -2.97. The molecule has 1 fully saturated rings. The van der Waals surface area contributed by atoms with Crippen molar-refractivity contribution in [2.45, 2.75) is 46.0 Å². The number of hydrogen-bond donors (Lipinski definition) is 1. The number of aryl methyl sites for hydroxylation is 1. The molecule has 0 saturated carbocycles. The van der Waals surface area contributed by atoms with Gasteiger partial charge in [-0.1, -0.05) is 11.6 Å². The molecular formula is C24H25ClFN3O4. The molecule has 1 saturated heterocycles. The zero-order chi connectivity index (χ0) is 23.9. The normalized spacial score (nSPS) is 19.5. The van der Waals surface area contributed by atoms with E-state index < -0.39 is 11.9 Å². The van der Waals surface area contributed by atoms with Crippen molar-refractivity contribution in [3.8, 4) is 5.75 Å². The number of aromatic amines is 1. The molecule has 0 unspecified atom stereocenters. The molecule has 3 atom stereocenters. The molecule has 0 spiro atoms. The number of nitrogens with one attached hydrogen (secondary N) is 1. The van der Waals surface area contributed by atoms with Crippen molar-refractivity contribution in [2.24, 2.45) is 0 Å². The van der Waals surface area contributed by atoms with Crippen LogP contribution in [0.2, 0.25) is 5.02 Å². The Balaban J connectivity index is 1.55. The lowest BCUT2D eigenvalue weighted by Gasteiger charge is -2.35. The fourth-order valence-electron chi connectivity index (χ4n) is 4.12. The van der Waals surface area contributed by atoms with Crippen LogP contribution in [-0.4, -0.2) is 46.1 Å². The van der Waals surface area contributed by atoms with Crippen molar-refractivity contribution in [1.82, 2.24) is 14.9 Å². The van der Waals surface area contributed by atoms with Crippen molar-refractivity contribution >= 4 is 28.4 Å². The average molecular weight is 474 g/mol. The number of morpholine rings is 1. The van der Waals surface area contributed by atoms with E-state index in [9.17, 15) is 14.0 Å². The van der Waals surface area contributed by atoms with Crippen LogP contribution >= 0.6 is 11.6 Å². The van der Waals surface area contributed by atoms with Gasteiger partial charge in [-0.05, 0) is 58.0 Å². The van der Waals surface area contributed by atoms with Crippen LogP contribution in [0.15, 0.2) is 35.1 Å². The van der Waals surface area contributed by atoms with Gasteiger partial charge in [0.05, 0.1) is 23.1 Å². The van der Waals surface area contributed by atoms with Crippen LogP contribution in [0, 0.1) is 12.7 Å². The Bertz CT molecular complexity index is 1270. The molecule has 9 heteroatoms. The largest absolute Gasteiger partial charge is 0.483 e. The molecule has 33 heavy (non-hydrogen) atoms. The Morgan fingerprint density at radius 2 is 1.97 bits per heavy atom. The van der Waals surface area contributed by atoms with Crippen LogP contribution < -0.4 is 10.3 Å². The maximum absolute atomic E-state index is 14.9. The van der Waals surface area contributed by atoms with E-state index in [1.54, 1.807) is 30.9 Å². The Kier molecular flexibility index (Phi) is 6.41. The third kappa shape index (κ3) is 4.86. The van der Waals surface area contributed by atoms with E-state index in [1.165, 1.54) is 18.2 Å². The number of rotatable bonds is 4. The fourth-order valence-corrected chi connectivity index (χ4v) is 4.43. The van der Waals surface area contributed by atoms with Gasteiger partial charge in [0.15, 0.2) is 11.6 Å². The predicted molar refractivity (Wildman–Crippen MR) is 123 cm³/mol. The molecule has 2 aromatic carbocycles. The van der Waals surface area contributed by atoms with E-state index in [-0.39, 0.29) is 35.0 Å². The first-order valence-electron chi connectivity index (χ1n) is 10.7. The second kappa shape index (κ2) is 9.11. The number of fused-ring (bicyclic) bond motifs is 1. The summed E-state index contributed by atoms with van der Waals surface area (Å²) in [6, 6.07) is 7.34. The zero-order valence-corrected chi connectivity index (χ0v) is 19.6. The summed E-state index contributed by atoms with van der Waals surface area (Å²) in [5, 5.41) is 0.723. The minimum atomic E-state index is -0.658. The van der Waals surface area contributed by atoms with Crippen molar-refractivity contribution in [2.75, 3.05) is 13.1 Å². The number of ether oxygens (including phenoxy) is 2. The van der Waals surface area contributed by atoms with Gasteiger partial charge < -0.3 is 19.4 Å². The van der Waals surface area contributed by atoms with Crippen LogP contribution in [0.25, 0.3) is 10.9 Å². The minimum absolute atomic E-state index is 0.0186. The maximum atomic E-state index is 14.9. The second-order valence-electron chi connectivity index (χ2n) is 8.41. The van der Waals surface area contributed by atoms with Crippen LogP contribution in [0.4, 0.5) is 4.39 Å². The van der Waals surface area contributed by atoms with Crippen LogP contribution in [-0.2, 0) is 4.74 Å². The maximum Gasteiger partial charge on any atom is 0.258 e. The zero-order valence-electron chi connectivity index (χ0n) is 18.8. The summed E-state index contributed by atoms with van der Waals surface area (Å²) in [7, 11) is 0. The van der Waals surface area contributed by atoms with Crippen molar-refractivity contribution in [3.63, 3.8) is 0 Å². The molecule has 1 N–H and O–H groups in total. The monoisotopic (exact) mass is 473 g/mol. The summed E-state index contributed by atoms with van der Waals surface area (Å²) in [6.45, 7) is 8.10. The lowest BCUT2D eigenvalue weighted by molar-refractivity contribution is -0.0586. The van der Waals surface area contributed by atoms with Crippen molar-refractivity contribution in [3.05, 3.63) is 68.5 Å². The van der Waals surface area contributed by atoms with E-state index in [2.05, 4.69) is 9.97 Å². The van der Waals surface area contributed by atoms with Gasteiger partial charge in [0.25, 0.3) is 11.5 Å². The SMILES string of the molecule is Cc1nc2cc(Cl)c([C@@H](C)Oc3ccc(C(=O)N4C[C@@H](C)O[C@@H](C)C4)cc3F)cc2c(=O)[nH]1. The summed E-state index contributed by atoms with van der Waals surface area (Å²) < 4.78 is 26.3. The number of nitrogens with zero attached hydrogens (tertiary/aromatic N) is 2. The molecule has 4 rings (SSSR count). The molecule has 0 radical (unpaired) electrons. The van der Waals surface area contributed by atoms with Gasteiger partial charge in [-0.3, -0.25) is 9.59 Å². The lowest BCUT2D eigenvalue weighted by atomic mass is 10.1. The highest BCUT2D eigenvalue weighted by Crippen LogP contribution is 2.31. The van der Waals surface area contributed by atoms with Gasteiger partial charge in [0, 0.05) is 29.2 Å². The second-order valence-corrected chi connectivity index (χ2v) is 8.82. The molecule has 1 aliphatic rings. The summed E-state index contributed by atoms with van der Waals surface area (Å²) >= 11 is 6.40. The Labute approximate surface area is 195 Å². The van der Waals surface area contributed by atoms with Gasteiger partial charge in [-0.2, -0.15) is 0 Å². The van der Waals surface area contributed by atoms with Gasteiger partial charge in [-0.15, -0.1) is 0 Å². The third-order valence-electron chi connectivity index (χ3n) is 5.57. The summed E-state index contributed by atoms with van der Waals surface area (Å²) in [5.41, 5.74) is 0.947. The molecule has 1 amide bonds. The topological polar surface area (TPSA) is 84.5 Å². The highest BCUT2D eigenvalue weighted by atomic mass is 35.5. The number of hydrogen-bond acceptors (Lipinski definition) is 5. The number of aromatic nitrogens is 2. The molecule has 7 nitrogen and oxygen atoms in total. The minimum Gasteiger partial charge on any atom is -0.483 e. The first-order valence-corrected chi connectivity index (χ1v) is 11.1. The van der Waals surface area contributed by atoms with E-state index in [0.717, 1.165) is 0 Å². The predicted octanol–water partition coefficient (Wildman–Crippen LogP) is 4.41. The first-order chi connectivity index (χ1) is 15.6. The molecular weight excluding hydrogens is 449 g/mol. The van der Waals surface area contributed by atoms with E-state index in [1.807, 2.05) is 13.8 Å². The highest BCUT2D eigenvalue weighted by Gasteiger charge is 2.27. The first kappa shape index (κ1) is 23.2. The van der Waals surface area contributed by atoms with Gasteiger partial charge in [0.2, 0.25) is 0 Å². The quantitative estimate of drug-likeness (QED) is 0.606. The number of H-pyrrole nitrogens is 1. The molecule has 2 heterocycles. The standard InChI is InChI=1S/C24H25ClFN3O4/c1-12-10-29(11-13(2)32-12)24(31)16-5-6-22(20(26)7-16)33-14(3)17-8-18-21(9-19(17)25)27-15(4)28-23(18)30/h5-9,12-14H,10-11H2,1-4H3,(H,27,28,30)/t12-,13+,14-/m1/s1. The van der Waals surface area contributed by atoms with Crippen LogP contribution in [0.3, 0.4) is 0 Å². The lowest BCUT2D eigenvalue weighted by Crippen LogP contribution is -2.48. The highest BCUT2D eigenvalue weighted by molar-refractivity contribution is 6.32. The number of carbonyl (C=O) groups excluding carboxylic acids is 1. The number of benzene rings is 2. The average Bonchev–Trinajstić information content (AvgIpc) is 2.73.